The van der Waals surface area contributed by atoms with E-state index in [0.29, 0.717) is 18.7 Å². The molecule has 1 aromatic rings. The molecule has 0 atom stereocenters. The van der Waals surface area contributed by atoms with Gasteiger partial charge in [0.25, 0.3) is 0 Å². The average molecular weight is 256 g/mol. The van der Waals surface area contributed by atoms with E-state index in [-0.39, 0.29) is 5.82 Å². The molecule has 0 heterocycles. The van der Waals surface area contributed by atoms with Gasteiger partial charge in [0.2, 0.25) is 0 Å². The van der Waals surface area contributed by atoms with Gasteiger partial charge in [-0.25, -0.2) is 4.39 Å². The largest absolute Gasteiger partial charge is 0.302 e. The molecule has 0 aromatic heterocycles. The lowest BCUT2D eigenvalue weighted by molar-refractivity contribution is 0.597. The van der Waals surface area contributed by atoms with E-state index >= 15 is 0 Å². The molecular formula is C11H11BrFN. The fourth-order valence-electron chi connectivity index (χ4n) is 1.03. The third-order valence-electron chi connectivity index (χ3n) is 1.71. The van der Waals surface area contributed by atoms with Crippen LogP contribution in [-0.2, 0) is 6.54 Å². The monoisotopic (exact) mass is 255 g/mol. The average Bonchev–Trinajstić information content (AvgIpc) is 2.18. The van der Waals surface area contributed by atoms with Gasteiger partial charge in [-0.3, -0.25) is 0 Å². The van der Waals surface area contributed by atoms with Crippen LogP contribution < -0.4 is 5.32 Å². The van der Waals surface area contributed by atoms with Crippen molar-refractivity contribution < 1.29 is 4.39 Å². The zero-order valence-electron chi connectivity index (χ0n) is 7.90. The van der Waals surface area contributed by atoms with Crippen LogP contribution in [0.2, 0.25) is 0 Å². The van der Waals surface area contributed by atoms with Crippen molar-refractivity contribution in [3.05, 3.63) is 34.1 Å². The molecule has 1 nitrogen and oxygen atoms in total. The smallest absolute Gasteiger partial charge is 0.127 e. The van der Waals surface area contributed by atoms with Crippen LogP contribution in [0.3, 0.4) is 0 Å². The highest BCUT2D eigenvalue weighted by Gasteiger charge is 2.00. The predicted molar refractivity (Wildman–Crippen MR) is 59.3 cm³/mol. The Kier molecular flexibility index (Phi) is 4.64. The van der Waals surface area contributed by atoms with Crippen LogP contribution >= 0.6 is 15.9 Å². The lowest BCUT2D eigenvalue weighted by atomic mass is 10.2. The van der Waals surface area contributed by atoms with Crippen molar-refractivity contribution in [2.24, 2.45) is 0 Å². The first kappa shape index (κ1) is 11.2. The zero-order valence-corrected chi connectivity index (χ0v) is 9.49. The Morgan fingerprint density at radius 3 is 3.00 bits per heavy atom. The minimum atomic E-state index is -0.190. The molecule has 1 aromatic carbocycles. The van der Waals surface area contributed by atoms with Gasteiger partial charge in [-0.2, -0.15) is 0 Å². The van der Waals surface area contributed by atoms with Crippen LogP contribution in [0.1, 0.15) is 12.5 Å². The fraction of sp³-hybridized carbons (Fsp3) is 0.273. The van der Waals surface area contributed by atoms with E-state index in [1.165, 1.54) is 6.07 Å². The molecular weight excluding hydrogens is 245 g/mol. The third-order valence-corrected chi connectivity index (χ3v) is 2.21. The fourth-order valence-corrected chi connectivity index (χ4v) is 1.44. The summed E-state index contributed by atoms with van der Waals surface area (Å²) in [4.78, 5) is 0. The molecule has 74 valence electrons. The summed E-state index contributed by atoms with van der Waals surface area (Å²) in [6.07, 6.45) is 0. The predicted octanol–water partition coefficient (Wildman–Crippen LogP) is 2.70. The van der Waals surface area contributed by atoms with Crippen LogP contribution in [0.15, 0.2) is 22.7 Å². The van der Waals surface area contributed by atoms with Gasteiger partial charge in [0.1, 0.15) is 5.82 Å². The number of hydrogen-bond donors (Lipinski definition) is 1. The Bertz CT molecular complexity index is 365. The summed E-state index contributed by atoms with van der Waals surface area (Å²) in [5.41, 5.74) is 0.650. The van der Waals surface area contributed by atoms with Crippen LogP contribution in [0.4, 0.5) is 4.39 Å². The number of rotatable bonds is 3. The normalized spacial score (nSPS) is 9.36. The van der Waals surface area contributed by atoms with Crippen molar-refractivity contribution >= 4 is 15.9 Å². The molecule has 0 saturated carbocycles. The molecule has 0 fully saturated rings. The molecule has 1 rings (SSSR count). The molecule has 0 saturated heterocycles. The van der Waals surface area contributed by atoms with E-state index in [0.717, 1.165) is 4.47 Å². The topological polar surface area (TPSA) is 12.0 Å². The quantitative estimate of drug-likeness (QED) is 0.647. The van der Waals surface area contributed by atoms with Gasteiger partial charge in [0, 0.05) is 16.6 Å². The van der Waals surface area contributed by atoms with Gasteiger partial charge in [0.05, 0.1) is 6.54 Å². The van der Waals surface area contributed by atoms with Crippen LogP contribution in [0.5, 0.6) is 0 Å². The van der Waals surface area contributed by atoms with E-state index in [9.17, 15) is 4.39 Å². The molecule has 0 spiro atoms. The van der Waals surface area contributed by atoms with Crippen molar-refractivity contribution in [2.75, 3.05) is 6.54 Å². The third kappa shape index (κ3) is 3.49. The van der Waals surface area contributed by atoms with E-state index in [2.05, 4.69) is 33.1 Å². The highest BCUT2D eigenvalue weighted by atomic mass is 79.9. The van der Waals surface area contributed by atoms with Crippen molar-refractivity contribution in [1.82, 2.24) is 5.32 Å². The minimum absolute atomic E-state index is 0.190. The number of nitrogens with one attached hydrogen (secondary N) is 1. The molecule has 3 heteroatoms. The van der Waals surface area contributed by atoms with Crippen LogP contribution in [0, 0.1) is 17.7 Å². The first-order valence-electron chi connectivity index (χ1n) is 4.28. The first-order chi connectivity index (χ1) is 6.74. The molecule has 0 aliphatic rings. The van der Waals surface area contributed by atoms with Gasteiger partial charge < -0.3 is 5.32 Å². The lowest BCUT2D eigenvalue weighted by Crippen LogP contribution is -2.14. The minimum Gasteiger partial charge on any atom is -0.302 e. The standard InChI is InChI=1S/C11H11BrFN/c1-2-3-6-14-8-9-7-10(12)4-5-11(9)13/h4-5,7,14H,6,8H2,1H3. The molecule has 0 bridgehead atoms. The van der Waals surface area contributed by atoms with Gasteiger partial charge >= 0.3 is 0 Å². The Morgan fingerprint density at radius 1 is 1.50 bits per heavy atom. The van der Waals surface area contributed by atoms with Gasteiger partial charge in [-0.05, 0) is 25.1 Å². The lowest BCUT2D eigenvalue weighted by Gasteiger charge is -2.03. The molecule has 0 unspecified atom stereocenters. The second-order valence-corrected chi connectivity index (χ2v) is 3.68. The van der Waals surface area contributed by atoms with E-state index in [1.54, 1.807) is 19.1 Å². The van der Waals surface area contributed by atoms with Crippen molar-refractivity contribution in [3.8, 4) is 11.8 Å². The number of halogens is 2. The first-order valence-corrected chi connectivity index (χ1v) is 5.07. The maximum atomic E-state index is 13.2. The maximum Gasteiger partial charge on any atom is 0.127 e. The highest BCUT2D eigenvalue weighted by molar-refractivity contribution is 9.10. The number of benzene rings is 1. The van der Waals surface area contributed by atoms with Gasteiger partial charge in [-0.15, -0.1) is 5.92 Å². The maximum absolute atomic E-state index is 13.2. The summed E-state index contributed by atoms with van der Waals surface area (Å²) < 4.78 is 14.1. The summed E-state index contributed by atoms with van der Waals surface area (Å²) >= 11 is 3.30. The van der Waals surface area contributed by atoms with Crippen LogP contribution in [0.25, 0.3) is 0 Å². The second-order valence-electron chi connectivity index (χ2n) is 2.77. The molecule has 0 aliphatic heterocycles. The molecule has 1 N–H and O–H groups in total. The van der Waals surface area contributed by atoms with Gasteiger partial charge in [-0.1, -0.05) is 21.9 Å². The summed E-state index contributed by atoms with van der Waals surface area (Å²) in [5.74, 6) is 5.43. The highest BCUT2D eigenvalue weighted by Crippen LogP contribution is 2.15. The SMILES string of the molecule is CC#CCNCc1cc(Br)ccc1F. The summed E-state index contributed by atoms with van der Waals surface area (Å²) in [5, 5.41) is 3.04. The Labute approximate surface area is 91.8 Å². The Morgan fingerprint density at radius 2 is 2.29 bits per heavy atom. The van der Waals surface area contributed by atoms with E-state index in [4.69, 9.17) is 0 Å². The molecule has 0 radical (unpaired) electrons. The van der Waals surface area contributed by atoms with Crippen molar-refractivity contribution in [3.63, 3.8) is 0 Å². The summed E-state index contributed by atoms with van der Waals surface area (Å²) in [7, 11) is 0. The van der Waals surface area contributed by atoms with E-state index in [1.807, 2.05) is 0 Å². The second kappa shape index (κ2) is 5.79. The zero-order chi connectivity index (χ0) is 10.4. The summed E-state index contributed by atoms with van der Waals surface area (Å²) in [6.45, 7) is 2.86. The number of hydrogen-bond acceptors (Lipinski definition) is 1. The molecule has 0 amide bonds. The van der Waals surface area contributed by atoms with E-state index < -0.39 is 0 Å². The summed E-state index contributed by atoms with van der Waals surface area (Å²) in [6, 6.07) is 4.90. The Hall–Kier alpha value is -0.850. The molecule has 0 aliphatic carbocycles. The van der Waals surface area contributed by atoms with Crippen LogP contribution in [-0.4, -0.2) is 6.54 Å². The van der Waals surface area contributed by atoms with Gasteiger partial charge in [0.15, 0.2) is 0 Å². The Balaban J connectivity index is 2.56. The van der Waals surface area contributed by atoms with Crippen molar-refractivity contribution in [1.29, 1.82) is 0 Å². The molecule has 14 heavy (non-hydrogen) atoms. The van der Waals surface area contributed by atoms with Crippen molar-refractivity contribution in [2.45, 2.75) is 13.5 Å².